The van der Waals surface area contributed by atoms with Crippen molar-refractivity contribution in [2.45, 2.75) is 44.6 Å². The number of nitrogens with one attached hydrogen (secondary N) is 2. The third kappa shape index (κ3) is 7.31. The molecule has 2 N–H and O–H groups in total. The fraction of sp³-hybridized carbons (Fsp3) is 0.619. The van der Waals surface area contributed by atoms with Crippen molar-refractivity contribution in [3.8, 4) is 0 Å². The Labute approximate surface area is 190 Å². The van der Waals surface area contributed by atoms with Crippen LogP contribution < -0.4 is 15.5 Å². The van der Waals surface area contributed by atoms with E-state index < -0.39 is 0 Å². The molecule has 2 fully saturated rings. The molecule has 1 aliphatic heterocycles. The van der Waals surface area contributed by atoms with E-state index in [1.807, 2.05) is 4.90 Å². The minimum atomic E-state index is -0.224. The van der Waals surface area contributed by atoms with Gasteiger partial charge < -0.3 is 20.4 Å². The quantitative estimate of drug-likeness (QED) is 0.359. The predicted molar refractivity (Wildman–Crippen MR) is 127 cm³/mol. The lowest BCUT2D eigenvalue weighted by atomic mass is 9.96. The number of anilines is 1. The largest absolute Gasteiger partial charge is 0.368 e. The standard InChI is InChI=1S/C21H32FN5O.HI/c1-23-21(25-18-5-3-2-4-6-18)24-12-11-20(28)27-15-13-26(14-16-27)19-9-7-17(22)8-10-19;/h7-10,18H,2-6,11-16H2,1H3,(H2,23,24,25);1H. The number of amides is 1. The van der Waals surface area contributed by atoms with E-state index >= 15 is 0 Å². The van der Waals surface area contributed by atoms with E-state index in [1.165, 1.54) is 44.2 Å². The minimum absolute atomic E-state index is 0. The molecule has 1 aliphatic carbocycles. The summed E-state index contributed by atoms with van der Waals surface area (Å²) in [6.07, 6.45) is 6.72. The third-order valence-electron chi connectivity index (χ3n) is 5.63. The number of carbonyl (C=O) groups excluding carboxylic acids is 1. The molecule has 0 atom stereocenters. The first-order chi connectivity index (χ1) is 13.7. The molecule has 0 unspecified atom stereocenters. The summed E-state index contributed by atoms with van der Waals surface area (Å²) in [6.45, 7) is 3.53. The van der Waals surface area contributed by atoms with E-state index in [1.54, 1.807) is 19.2 Å². The second kappa shape index (κ2) is 12.2. The second-order valence-corrected chi connectivity index (χ2v) is 7.57. The molecule has 1 aromatic carbocycles. The fourth-order valence-electron chi connectivity index (χ4n) is 3.95. The Morgan fingerprint density at radius 1 is 1.10 bits per heavy atom. The summed E-state index contributed by atoms with van der Waals surface area (Å²) < 4.78 is 13.1. The molecule has 29 heavy (non-hydrogen) atoms. The Kier molecular flexibility index (Phi) is 9.96. The summed E-state index contributed by atoms with van der Waals surface area (Å²) in [5.74, 6) is 0.734. The number of hydrogen-bond acceptors (Lipinski definition) is 3. The van der Waals surface area contributed by atoms with Gasteiger partial charge in [0.1, 0.15) is 5.82 Å². The molecule has 0 bridgehead atoms. The average molecular weight is 517 g/mol. The first kappa shape index (κ1) is 23.7. The number of guanidine groups is 1. The molecule has 1 amide bonds. The third-order valence-corrected chi connectivity index (χ3v) is 5.63. The monoisotopic (exact) mass is 517 g/mol. The van der Waals surface area contributed by atoms with Gasteiger partial charge in [-0.2, -0.15) is 0 Å². The number of hydrogen-bond donors (Lipinski definition) is 2. The van der Waals surface area contributed by atoms with Crippen molar-refractivity contribution < 1.29 is 9.18 Å². The van der Waals surface area contributed by atoms with Crippen molar-refractivity contribution in [2.75, 3.05) is 44.7 Å². The maximum absolute atomic E-state index is 13.1. The highest BCUT2D eigenvalue weighted by atomic mass is 127. The van der Waals surface area contributed by atoms with Crippen LogP contribution in [0.25, 0.3) is 0 Å². The van der Waals surface area contributed by atoms with Gasteiger partial charge in [0, 0.05) is 57.9 Å². The lowest BCUT2D eigenvalue weighted by molar-refractivity contribution is -0.131. The van der Waals surface area contributed by atoms with E-state index in [0.717, 1.165) is 24.7 Å². The first-order valence-corrected chi connectivity index (χ1v) is 10.4. The zero-order chi connectivity index (χ0) is 19.8. The maximum atomic E-state index is 13.1. The van der Waals surface area contributed by atoms with Crippen LogP contribution in [0.3, 0.4) is 0 Å². The van der Waals surface area contributed by atoms with E-state index in [4.69, 9.17) is 0 Å². The van der Waals surface area contributed by atoms with Crippen molar-refractivity contribution in [2.24, 2.45) is 4.99 Å². The van der Waals surface area contributed by atoms with Gasteiger partial charge in [-0.1, -0.05) is 19.3 Å². The Morgan fingerprint density at radius 3 is 2.38 bits per heavy atom. The van der Waals surface area contributed by atoms with E-state index in [0.29, 0.717) is 32.1 Å². The second-order valence-electron chi connectivity index (χ2n) is 7.57. The fourth-order valence-corrected chi connectivity index (χ4v) is 3.95. The van der Waals surface area contributed by atoms with Crippen LogP contribution in [0.5, 0.6) is 0 Å². The van der Waals surface area contributed by atoms with Gasteiger partial charge in [-0.15, -0.1) is 24.0 Å². The Balaban J connectivity index is 0.00000300. The molecular formula is C21H33FIN5O. The van der Waals surface area contributed by atoms with Crippen LogP contribution in [-0.4, -0.2) is 62.6 Å². The van der Waals surface area contributed by atoms with Gasteiger partial charge in [0.05, 0.1) is 0 Å². The average Bonchev–Trinajstić information content (AvgIpc) is 2.74. The Hall–Kier alpha value is -1.58. The SMILES string of the molecule is CN=C(NCCC(=O)N1CCN(c2ccc(F)cc2)CC1)NC1CCCCC1.I. The number of benzene rings is 1. The van der Waals surface area contributed by atoms with Gasteiger partial charge >= 0.3 is 0 Å². The zero-order valence-corrected chi connectivity index (χ0v) is 19.5. The first-order valence-electron chi connectivity index (χ1n) is 10.4. The zero-order valence-electron chi connectivity index (χ0n) is 17.2. The Morgan fingerprint density at radius 2 is 1.76 bits per heavy atom. The summed E-state index contributed by atoms with van der Waals surface area (Å²) in [5, 5.41) is 6.74. The lowest BCUT2D eigenvalue weighted by Crippen LogP contribution is -2.50. The van der Waals surface area contributed by atoms with Crippen LogP contribution in [0.4, 0.5) is 10.1 Å². The van der Waals surface area contributed by atoms with Gasteiger partial charge in [0.15, 0.2) is 5.96 Å². The highest BCUT2D eigenvalue weighted by Crippen LogP contribution is 2.18. The van der Waals surface area contributed by atoms with Crippen LogP contribution >= 0.6 is 24.0 Å². The minimum Gasteiger partial charge on any atom is -0.368 e. The Bertz CT molecular complexity index is 656. The van der Waals surface area contributed by atoms with Crippen molar-refractivity contribution in [1.82, 2.24) is 15.5 Å². The molecule has 162 valence electrons. The van der Waals surface area contributed by atoms with E-state index in [-0.39, 0.29) is 35.7 Å². The topological polar surface area (TPSA) is 60.0 Å². The summed E-state index contributed by atoms with van der Waals surface area (Å²) in [4.78, 5) is 20.9. The predicted octanol–water partition coefficient (Wildman–Crippen LogP) is 2.98. The molecular weight excluding hydrogens is 484 g/mol. The molecule has 6 nitrogen and oxygen atoms in total. The smallest absolute Gasteiger partial charge is 0.224 e. The van der Waals surface area contributed by atoms with Crippen LogP contribution in [0.15, 0.2) is 29.3 Å². The number of aliphatic imine (C=N–C) groups is 1. The summed E-state index contributed by atoms with van der Waals surface area (Å²) >= 11 is 0. The molecule has 8 heteroatoms. The lowest BCUT2D eigenvalue weighted by Gasteiger charge is -2.36. The van der Waals surface area contributed by atoms with Gasteiger partial charge in [0.25, 0.3) is 0 Å². The van der Waals surface area contributed by atoms with Crippen LogP contribution in [-0.2, 0) is 4.79 Å². The van der Waals surface area contributed by atoms with Gasteiger partial charge in [-0.3, -0.25) is 9.79 Å². The van der Waals surface area contributed by atoms with E-state index in [2.05, 4.69) is 20.5 Å². The van der Waals surface area contributed by atoms with E-state index in [9.17, 15) is 9.18 Å². The number of carbonyl (C=O) groups is 1. The van der Waals surface area contributed by atoms with Crippen molar-refractivity contribution >= 4 is 41.5 Å². The number of halogens is 2. The summed E-state index contributed by atoms with van der Waals surface area (Å²) in [5.41, 5.74) is 1.01. The number of rotatable bonds is 5. The van der Waals surface area contributed by atoms with Crippen LogP contribution in [0, 0.1) is 5.82 Å². The van der Waals surface area contributed by atoms with Crippen LogP contribution in [0.1, 0.15) is 38.5 Å². The highest BCUT2D eigenvalue weighted by molar-refractivity contribution is 14.0. The summed E-state index contributed by atoms with van der Waals surface area (Å²) in [6, 6.07) is 7.04. The molecule has 0 spiro atoms. The van der Waals surface area contributed by atoms with Crippen molar-refractivity contribution in [3.63, 3.8) is 0 Å². The van der Waals surface area contributed by atoms with Gasteiger partial charge in [-0.25, -0.2) is 4.39 Å². The molecule has 3 rings (SSSR count). The highest BCUT2D eigenvalue weighted by Gasteiger charge is 2.21. The number of nitrogens with zero attached hydrogens (tertiary/aromatic N) is 3. The normalized spacial score (nSPS) is 18.2. The van der Waals surface area contributed by atoms with Gasteiger partial charge in [0.2, 0.25) is 5.91 Å². The van der Waals surface area contributed by atoms with Crippen LogP contribution in [0.2, 0.25) is 0 Å². The van der Waals surface area contributed by atoms with Crippen molar-refractivity contribution in [3.05, 3.63) is 30.1 Å². The molecule has 2 aliphatic rings. The van der Waals surface area contributed by atoms with Crippen molar-refractivity contribution in [1.29, 1.82) is 0 Å². The maximum Gasteiger partial charge on any atom is 0.224 e. The molecule has 0 aromatic heterocycles. The molecule has 1 aromatic rings. The van der Waals surface area contributed by atoms with Gasteiger partial charge in [-0.05, 0) is 37.1 Å². The number of piperazine rings is 1. The molecule has 1 saturated carbocycles. The molecule has 1 heterocycles. The molecule has 0 radical (unpaired) electrons. The summed E-state index contributed by atoms with van der Waals surface area (Å²) in [7, 11) is 1.77. The molecule has 1 saturated heterocycles.